The fourth-order valence-electron chi connectivity index (χ4n) is 4.68. The maximum atomic E-state index is 13.9. The number of anilines is 2. The lowest BCUT2D eigenvalue weighted by atomic mass is 10.0. The first-order chi connectivity index (χ1) is 19.5. The van der Waals surface area contributed by atoms with Crippen molar-refractivity contribution in [2.45, 2.75) is 32.2 Å². The summed E-state index contributed by atoms with van der Waals surface area (Å²) in [5.74, 6) is -2.12. The molecule has 0 bridgehead atoms. The number of halogens is 2. The molecule has 1 atom stereocenters. The fraction of sp³-hybridized carbons (Fsp3) is 0.259. The zero-order chi connectivity index (χ0) is 29.3. The van der Waals surface area contributed by atoms with Crippen LogP contribution in [0.25, 0.3) is 10.2 Å². The van der Waals surface area contributed by atoms with Gasteiger partial charge < -0.3 is 10.2 Å². The van der Waals surface area contributed by atoms with E-state index in [1.165, 1.54) is 23.3 Å². The number of benzene rings is 2. The Kier molecular flexibility index (Phi) is 7.87. The van der Waals surface area contributed by atoms with Crippen LogP contribution >= 0.6 is 11.3 Å². The summed E-state index contributed by atoms with van der Waals surface area (Å²) in [5, 5.41) is 2.39. The number of pyridine rings is 1. The Balaban J connectivity index is 1.39. The van der Waals surface area contributed by atoms with Crippen LogP contribution in [0.15, 0.2) is 54.0 Å². The molecule has 0 saturated heterocycles. The Morgan fingerprint density at radius 3 is 2.63 bits per heavy atom. The number of aryl methyl sites for hydroxylation is 2. The molecule has 3 amide bonds. The Hall–Kier alpha value is -4.17. The van der Waals surface area contributed by atoms with Gasteiger partial charge in [-0.2, -0.15) is 8.42 Å². The highest BCUT2D eigenvalue weighted by Crippen LogP contribution is 2.27. The molecule has 1 aliphatic heterocycles. The quantitative estimate of drug-likeness (QED) is 0.332. The highest BCUT2D eigenvalue weighted by Gasteiger charge is 2.32. The van der Waals surface area contributed by atoms with E-state index in [2.05, 4.69) is 15.3 Å². The lowest BCUT2D eigenvalue weighted by molar-refractivity contribution is -0.120. The molecule has 2 aromatic carbocycles. The first kappa shape index (κ1) is 28.4. The van der Waals surface area contributed by atoms with Gasteiger partial charge in [-0.15, -0.1) is 11.3 Å². The van der Waals surface area contributed by atoms with Gasteiger partial charge in [0.1, 0.15) is 23.5 Å². The van der Waals surface area contributed by atoms with Crippen molar-refractivity contribution in [1.29, 1.82) is 0 Å². The third-order valence-corrected chi connectivity index (χ3v) is 8.84. The van der Waals surface area contributed by atoms with Gasteiger partial charge in [-0.25, -0.2) is 32.6 Å². The number of nitrogens with one attached hydrogen (secondary N) is 2. The Morgan fingerprint density at radius 1 is 1.12 bits per heavy atom. The molecule has 0 unspecified atom stereocenters. The van der Waals surface area contributed by atoms with Crippen molar-refractivity contribution < 1.29 is 26.8 Å². The van der Waals surface area contributed by atoms with Crippen molar-refractivity contribution >= 4 is 55.2 Å². The van der Waals surface area contributed by atoms with Gasteiger partial charge in [-0.1, -0.05) is 6.07 Å². The molecule has 2 aromatic heterocycles. The van der Waals surface area contributed by atoms with Crippen LogP contribution in [0.1, 0.15) is 23.2 Å². The summed E-state index contributed by atoms with van der Waals surface area (Å²) in [4.78, 5) is 36.5. The maximum absolute atomic E-state index is 13.9. The zero-order valence-electron chi connectivity index (χ0n) is 22.1. The van der Waals surface area contributed by atoms with Crippen LogP contribution in [-0.4, -0.2) is 50.0 Å². The van der Waals surface area contributed by atoms with Gasteiger partial charge in [0.2, 0.25) is 5.91 Å². The molecule has 4 aromatic rings. The predicted octanol–water partition coefficient (Wildman–Crippen LogP) is 3.85. The number of likely N-dealkylation sites (N-methyl/N-ethyl adjacent to an activating group) is 1. The number of aromatic nitrogens is 2. The van der Waals surface area contributed by atoms with E-state index < -0.39 is 39.8 Å². The molecule has 0 radical (unpaired) electrons. The molecule has 0 spiro atoms. The molecule has 0 saturated carbocycles. The van der Waals surface area contributed by atoms with Crippen LogP contribution in [0.4, 0.5) is 25.1 Å². The zero-order valence-corrected chi connectivity index (χ0v) is 23.7. The number of thiazole rings is 1. The first-order valence-corrected chi connectivity index (χ1v) is 15.0. The van der Waals surface area contributed by atoms with Gasteiger partial charge in [0, 0.05) is 37.5 Å². The van der Waals surface area contributed by atoms with Gasteiger partial charge in [0.05, 0.1) is 15.7 Å². The molecule has 0 aliphatic carbocycles. The average Bonchev–Trinajstić information content (AvgIpc) is 3.38. The fourth-order valence-corrected chi connectivity index (χ4v) is 6.49. The number of rotatable bonds is 7. The highest BCUT2D eigenvalue weighted by molar-refractivity contribution is 7.91. The van der Waals surface area contributed by atoms with Crippen molar-refractivity contribution in [3.63, 3.8) is 0 Å². The van der Waals surface area contributed by atoms with E-state index in [0.717, 1.165) is 26.7 Å². The minimum absolute atomic E-state index is 0.0944. The molecule has 2 N–H and O–H groups in total. The molecule has 214 valence electrons. The summed E-state index contributed by atoms with van der Waals surface area (Å²) in [6.45, 7) is 1.84. The summed E-state index contributed by atoms with van der Waals surface area (Å²) < 4.78 is 58.2. The summed E-state index contributed by atoms with van der Waals surface area (Å²) in [7, 11) is -2.93. The van der Waals surface area contributed by atoms with Gasteiger partial charge in [0.25, 0.3) is 0 Å². The van der Waals surface area contributed by atoms with Crippen molar-refractivity contribution in [3.05, 3.63) is 82.5 Å². The van der Waals surface area contributed by atoms with E-state index in [4.69, 9.17) is 0 Å². The van der Waals surface area contributed by atoms with E-state index in [1.807, 2.05) is 4.72 Å². The van der Waals surface area contributed by atoms with Crippen molar-refractivity contribution in [2.75, 3.05) is 22.8 Å². The summed E-state index contributed by atoms with van der Waals surface area (Å²) in [6, 6.07) is 8.98. The van der Waals surface area contributed by atoms with Crippen LogP contribution in [0.5, 0.6) is 0 Å². The van der Waals surface area contributed by atoms with E-state index in [-0.39, 0.29) is 24.3 Å². The molecule has 14 heteroatoms. The Labute approximate surface area is 239 Å². The van der Waals surface area contributed by atoms with E-state index in [0.29, 0.717) is 35.8 Å². The van der Waals surface area contributed by atoms with E-state index in [1.54, 1.807) is 42.8 Å². The van der Waals surface area contributed by atoms with Crippen molar-refractivity contribution in [2.24, 2.45) is 0 Å². The second-order valence-electron chi connectivity index (χ2n) is 9.63. The number of urea groups is 1. The second-order valence-corrected chi connectivity index (χ2v) is 12.1. The molecule has 5 rings (SSSR count). The highest BCUT2D eigenvalue weighted by atomic mass is 32.2. The monoisotopic (exact) mass is 600 g/mol. The average molecular weight is 601 g/mol. The van der Waals surface area contributed by atoms with E-state index >= 15 is 0 Å². The van der Waals surface area contributed by atoms with Gasteiger partial charge >= 0.3 is 16.2 Å². The number of hydrogen-bond donors (Lipinski definition) is 2. The van der Waals surface area contributed by atoms with Crippen LogP contribution in [0, 0.1) is 18.6 Å². The number of carbonyl (C=O) groups excluding carboxylic acids is 2. The molecule has 0 fully saturated rings. The van der Waals surface area contributed by atoms with Crippen LogP contribution in [0.2, 0.25) is 0 Å². The van der Waals surface area contributed by atoms with E-state index in [9.17, 15) is 26.8 Å². The minimum Gasteiger partial charge on any atom is -0.325 e. The lowest BCUT2D eigenvalue weighted by Gasteiger charge is -2.30. The standard InChI is InChI=1S/C27H26F2N6O4S2/c1-16-5-6-18-4-3-9-35(25(18)31-16)41(38,39)33-27(37)32-23(12-17-10-19(28)13-20(29)11-17)26(36)34(2)21-7-8-24-22(14-21)30-15-40-24/h5-8,10-11,13-15,23H,3-4,9,12H2,1-2H3,(H2,32,33,37)/t23-/m0/s1. The van der Waals surface area contributed by atoms with Crippen molar-refractivity contribution in [3.8, 4) is 0 Å². The largest absolute Gasteiger partial charge is 0.330 e. The molecule has 1 aliphatic rings. The van der Waals surface area contributed by atoms with Gasteiger partial charge in [0.15, 0.2) is 0 Å². The first-order valence-electron chi connectivity index (χ1n) is 12.6. The second kappa shape index (κ2) is 11.4. The number of nitrogens with zero attached hydrogens (tertiary/aromatic N) is 4. The smallest absolute Gasteiger partial charge is 0.325 e. The van der Waals surface area contributed by atoms with Crippen LogP contribution in [0.3, 0.4) is 0 Å². The van der Waals surface area contributed by atoms with Crippen molar-refractivity contribution in [1.82, 2.24) is 20.0 Å². The minimum atomic E-state index is -4.40. The number of amides is 3. The van der Waals surface area contributed by atoms with Gasteiger partial charge in [-0.05, 0) is 67.3 Å². The topological polar surface area (TPSA) is 125 Å². The Morgan fingerprint density at radius 2 is 1.88 bits per heavy atom. The summed E-state index contributed by atoms with van der Waals surface area (Å²) in [6.07, 6.45) is 0.860. The Bertz CT molecular complexity index is 1730. The van der Waals surface area contributed by atoms with Crippen LogP contribution < -0.4 is 19.2 Å². The third-order valence-electron chi connectivity index (χ3n) is 6.65. The predicted molar refractivity (Wildman–Crippen MR) is 152 cm³/mol. The molecular formula is C27H26F2N6O4S2. The number of hydrogen-bond acceptors (Lipinski definition) is 7. The molecular weight excluding hydrogens is 574 g/mol. The van der Waals surface area contributed by atoms with Gasteiger partial charge in [-0.3, -0.25) is 4.79 Å². The summed E-state index contributed by atoms with van der Waals surface area (Å²) >= 11 is 1.43. The lowest BCUT2D eigenvalue weighted by Crippen LogP contribution is -2.55. The summed E-state index contributed by atoms with van der Waals surface area (Å²) in [5.41, 5.74) is 4.23. The molecule has 10 nitrogen and oxygen atoms in total. The normalized spacial score (nSPS) is 13.9. The SMILES string of the molecule is Cc1ccc2c(n1)N(S(=O)(=O)NC(=O)N[C@@H](Cc1cc(F)cc(F)c1)C(=O)N(C)c1ccc3scnc3c1)CCC2. The number of carbonyl (C=O) groups is 2. The maximum Gasteiger partial charge on any atom is 0.330 e. The molecule has 3 heterocycles. The van der Waals surface area contributed by atoms with Crippen LogP contribution in [-0.2, 0) is 27.8 Å². The number of fused-ring (bicyclic) bond motifs is 2. The third kappa shape index (κ3) is 6.28. The molecule has 41 heavy (non-hydrogen) atoms.